The first-order chi connectivity index (χ1) is 22.2. The molecule has 0 spiro atoms. The Labute approximate surface area is 264 Å². The molecule has 0 aliphatic rings. The molecule has 5 aromatic rings. The summed E-state index contributed by atoms with van der Waals surface area (Å²) in [6.45, 7) is 6.00. The molecule has 5 rings (SSSR count). The highest BCUT2D eigenvalue weighted by molar-refractivity contribution is 5.92. The molecule has 3 aromatic carbocycles. The van der Waals surface area contributed by atoms with Crippen LogP contribution >= 0.6 is 0 Å². The van der Waals surface area contributed by atoms with Gasteiger partial charge >= 0.3 is 11.6 Å². The number of ether oxygens (including phenoxy) is 3. The maximum Gasteiger partial charge on any atom is 0.315 e. The van der Waals surface area contributed by atoms with Crippen molar-refractivity contribution in [2.24, 2.45) is 5.10 Å². The number of hydrogen-bond acceptors (Lipinski definition) is 8. The molecule has 1 N–H and O–H groups in total. The average Bonchev–Trinajstić information content (AvgIpc) is 3.65. The fraction of sp³-hybridized carbons (Fsp3) is 0.176. The molecule has 0 radical (unpaired) electrons. The number of rotatable bonds is 13. The molecule has 0 saturated heterocycles. The smallest absolute Gasteiger partial charge is 0.315 e. The van der Waals surface area contributed by atoms with E-state index in [0.717, 1.165) is 17.1 Å². The van der Waals surface area contributed by atoms with Gasteiger partial charge in [-0.05, 0) is 93.1 Å². The zero-order valence-corrected chi connectivity index (χ0v) is 25.4. The largest absolute Gasteiger partial charge is 0.490 e. The maximum absolute atomic E-state index is 13.6. The Hall–Kier alpha value is -5.91. The molecule has 0 bridgehead atoms. The van der Waals surface area contributed by atoms with E-state index in [0.29, 0.717) is 17.1 Å². The SMILES string of the molecule is CCOc1cc(/C=N/NC(=O)c2ccc(COc3ccc(-n4c(C)ccc4C)cc3)o2)cc([N+](=O)[O-])c1OCc1cccc(F)c1. The zero-order chi connectivity index (χ0) is 32.6. The van der Waals surface area contributed by atoms with Crippen molar-refractivity contribution < 1.29 is 32.7 Å². The quantitative estimate of drug-likeness (QED) is 0.0842. The van der Waals surface area contributed by atoms with E-state index in [1.54, 1.807) is 19.1 Å². The first kappa shape index (κ1) is 31.5. The molecule has 0 saturated carbocycles. The van der Waals surface area contributed by atoms with Crippen LogP contribution in [0.5, 0.6) is 17.2 Å². The van der Waals surface area contributed by atoms with E-state index in [9.17, 15) is 19.3 Å². The lowest BCUT2D eigenvalue weighted by atomic mass is 10.1. The van der Waals surface area contributed by atoms with Gasteiger partial charge in [-0.3, -0.25) is 14.9 Å². The Morgan fingerprint density at radius 1 is 0.978 bits per heavy atom. The van der Waals surface area contributed by atoms with Crippen LogP contribution in [0.25, 0.3) is 5.69 Å². The number of nitro groups is 1. The molecule has 2 heterocycles. The second-order valence-electron chi connectivity index (χ2n) is 10.2. The number of nitro benzene ring substituents is 1. The van der Waals surface area contributed by atoms with Crippen LogP contribution in [0.4, 0.5) is 10.1 Å². The summed E-state index contributed by atoms with van der Waals surface area (Å²) in [4.78, 5) is 23.9. The predicted molar refractivity (Wildman–Crippen MR) is 168 cm³/mol. The Kier molecular flexibility index (Phi) is 9.76. The summed E-state index contributed by atoms with van der Waals surface area (Å²) in [7, 11) is 0. The Morgan fingerprint density at radius 2 is 1.74 bits per heavy atom. The van der Waals surface area contributed by atoms with Crippen LogP contribution in [0.1, 0.15) is 45.8 Å². The summed E-state index contributed by atoms with van der Waals surface area (Å²) in [6.07, 6.45) is 1.23. The minimum atomic E-state index is -0.626. The van der Waals surface area contributed by atoms with Gasteiger partial charge in [-0.25, -0.2) is 9.82 Å². The van der Waals surface area contributed by atoms with E-state index in [2.05, 4.69) is 27.2 Å². The minimum absolute atomic E-state index is 0.00624. The summed E-state index contributed by atoms with van der Waals surface area (Å²) >= 11 is 0. The van der Waals surface area contributed by atoms with E-state index >= 15 is 0 Å². The number of benzene rings is 3. The number of furan rings is 1. The van der Waals surface area contributed by atoms with Gasteiger partial charge in [-0.15, -0.1) is 0 Å². The van der Waals surface area contributed by atoms with Crippen LogP contribution in [0.15, 0.2) is 94.4 Å². The number of carbonyl (C=O) groups is 1. The van der Waals surface area contributed by atoms with Gasteiger partial charge < -0.3 is 23.2 Å². The van der Waals surface area contributed by atoms with Crippen molar-refractivity contribution in [3.8, 4) is 22.9 Å². The molecule has 12 heteroatoms. The number of aryl methyl sites for hydroxylation is 2. The number of nitrogens with one attached hydrogen (secondary N) is 1. The molecule has 0 unspecified atom stereocenters. The van der Waals surface area contributed by atoms with Crippen molar-refractivity contribution in [1.29, 1.82) is 0 Å². The van der Waals surface area contributed by atoms with Gasteiger partial charge in [0, 0.05) is 28.7 Å². The third kappa shape index (κ3) is 7.59. The lowest BCUT2D eigenvalue weighted by Crippen LogP contribution is -2.16. The molecule has 236 valence electrons. The van der Waals surface area contributed by atoms with Crippen LogP contribution < -0.4 is 19.6 Å². The summed E-state index contributed by atoms with van der Waals surface area (Å²) < 4.78 is 38.4. The number of halogens is 1. The molecule has 46 heavy (non-hydrogen) atoms. The minimum Gasteiger partial charge on any atom is -0.490 e. The summed E-state index contributed by atoms with van der Waals surface area (Å²) in [6, 6.07) is 23.3. The van der Waals surface area contributed by atoms with Gasteiger partial charge in [0.15, 0.2) is 11.5 Å². The summed E-state index contributed by atoms with van der Waals surface area (Å²) in [5.41, 5.74) is 6.03. The van der Waals surface area contributed by atoms with E-state index in [1.165, 1.54) is 42.6 Å². The zero-order valence-electron chi connectivity index (χ0n) is 25.4. The highest BCUT2D eigenvalue weighted by Gasteiger charge is 2.23. The Bertz CT molecular complexity index is 1860. The molecule has 0 fully saturated rings. The van der Waals surface area contributed by atoms with Crippen LogP contribution in [0.2, 0.25) is 0 Å². The number of amides is 1. The molecule has 0 atom stereocenters. The van der Waals surface area contributed by atoms with Crippen molar-refractivity contribution in [2.75, 3.05) is 6.61 Å². The number of hydrazone groups is 1. The van der Waals surface area contributed by atoms with Crippen molar-refractivity contribution >= 4 is 17.8 Å². The first-order valence-corrected chi connectivity index (χ1v) is 14.3. The van der Waals surface area contributed by atoms with E-state index in [1.807, 2.05) is 38.1 Å². The third-order valence-corrected chi connectivity index (χ3v) is 6.84. The second kappa shape index (κ2) is 14.2. The number of hydrogen-bond donors (Lipinski definition) is 1. The van der Waals surface area contributed by atoms with Crippen molar-refractivity contribution in [2.45, 2.75) is 34.0 Å². The molecule has 11 nitrogen and oxygen atoms in total. The van der Waals surface area contributed by atoms with Gasteiger partial charge in [0.25, 0.3) is 0 Å². The number of carbonyl (C=O) groups excluding carboxylic acids is 1. The van der Waals surface area contributed by atoms with Crippen molar-refractivity contribution in [3.05, 3.63) is 135 Å². The standard InChI is InChI=1S/C34H31FN4O7/c1-4-43-32-18-25(17-30(39(41)42)33(32)45-20-24-6-5-7-26(35)16-24)19-36-37-34(40)31-15-14-29(46-31)21-44-28-12-10-27(11-13-28)38-22(2)8-9-23(38)3/h5-19H,4,20-21H2,1-3H3,(H,37,40)/b36-19+. The fourth-order valence-electron chi connectivity index (χ4n) is 4.73. The fourth-order valence-corrected chi connectivity index (χ4v) is 4.73. The normalized spacial score (nSPS) is 11.0. The van der Waals surface area contributed by atoms with Crippen LogP contribution in [0, 0.1) is 29.8 Å². The van der Waals surface area contributed by atoms with E-state index in [4.69, 9.17) is 18.6 Å². The average molecular weight is 627 g/mol. The molecule has 0 aliphatic carbocycles. The number of nitrogens with zero attached hydrogens (tertiary/aromatic N) is 3. The van der Waals surface area contributed by atoms with Crippen LogP contribution in [-0.2, 0) is 13.2 Å². The second-order valence-corrected chi connectivity index (χ2v) is 10.2. The highest BCUT2D eigenvalue weighted by atomic mass is 19.1. The Morgan fingerprint density at radius 3 is 2.43 bits per heavy atom. The predicted octanol–water partition coefficient (Wildman–Crippen LogP) is 7.06. The topological polar surface area (TPSA) is 130 Å². The summed E-state index contributed by atoms with van der Waals surface area (Å²) in [5.74, 6) is -0.00467. The lowest BCUT2D eigenvalue weighted by Gasteiger charge is -2.13. The monoisotopic (exact) mass is 626 g/mol. The van der Waals surface area contributed by atoms with Gasteiger partial charge in [0.1, 0.15) is 30.5 Å². The molecule has 1 amide bonds. The van der Waals surface area contributed by atoms with Gasteiger partial charge in [0.2, 0.25) is 5.75 Å². The van der Waals surface area contributed by atoms with Gasteiger partial charge in [0.05, 0.1) is 17.7 Å². The first-order valence-electron chi connectivity index (χ1n) is 14.3. The maximum atomic E-state index is 13.6. The van der Waals surface area contributed by atoms with Crippen LogP contribution in [0.3, 0.4) is 0 Å². The van der Waals surface area contributed by atoms with E-state index in [-0.39, 0.29) is 48.3 Å². The number of aromatic nitrogens is 1. The molecule has 2 aromatic heterocycles. The molecular weight excluding hydrogens is 595 g/mol. The van der Waals surface area contributed by atoms with Gasteiger partial charge in [-0.1, -0.05) is 12.1 Å². The van der Waals surface area contributed by atoms with Crippen molar-refractivity contribution in [3.63, 3.8) is 0 Å². The lowest BCUT2D eigenvalue weighted by molar-refractivity contribution is -0.386. The summed E-state index contributed by atoms with van der Waals surface area (Å²) in [5, 5.41) is 15.8. The van der Waals surface area contributed by atoms with Gasteiger partial charge in [-0.2, -0.15) is 5.10 Å². The third-order valence-electron chi connectivity index (χ3n) is 6.84. The Balaban J connectivity index is 1.20. The van der Waals surface area contributed by atoms with Crippen LogP contribution in [-0.4, -0.2) is 28.2 Å². The van der Waals surface area contributed by atoms with Crippen molar-refractivity contribution in [1.82, 2.24) is 9.99 Å². The molecule has 0 aliphatic heterocycles. The molecular formula is C34H31FN4O7. The van der Waals surface area contributed by atoms with E-state index < -0.39 is 16.6 Å². The highest BCUT2D eigenvalue weighted by Crippen LogP contribution is 2.39.